The van der Waals surface area contributed by atoms with E-state index < -0.39 is 10.0 Å². The molecule has 2 unspecified atom stereocenters. The summed E-state index contributed by atoms with van der Waals surface area (Å²) in [5.41, 5.74) is 0. The molecule has 0 saturated carbocycles. The monoisotopic (exact) mass is 298 g/mol. The third-order valence-corrected chi connectivity index (χ3v) is 5.52. The Balaban J connectivity index is 0.00000162. The van der Waals surface area contributed by atoms with Gasteiger partial charge in [0.25, 0.3) is 0 Å². The van der Waals surface area contributed by atoms with E-state index in [1.807, 2.05) is 6.92 Å². The Labute approximate surface area is 116 Å². The van der Waals surface area contributed by atoms with Crippen LogP contribution in [0.2, 0.25) is 0 Å². The Hall–Kier alpha value is 0.120. The van der Waals surface area contributed by atoms with Gasteiger partial charge < -0.3 is 10.1 Å². The second-order valence-electron chi connectivity index (χ2n) is 4.72. The maximum Gasteiger partial charge on any atom is 0.216 e. The third kappa shape index (κ3) is 3.57. The predicted molar refractivity (Wildman–Crippen MR) is 73.7 cm³/mol. The molecular weight excluding hydrogens is 276 g/mol. The highest BCUT2D eigenvalue weighted by Gasteiger charge is 2.41. The first-order valence-corrected chi connectivity index (χ1v) is 8.05. The summed E-state index contributed by atoms with van der Waals surface area (Å²) in [5.74, 6) is 0.119. The summed E-state index contributed by atoms with van der Waals surface area (Å²) < 4.78 is 31.5. The van der Waals surface area contributed by atoms with E-state index in [0.717, 1.165) is 32.4 Å². The highest BCUT2D eigenvalue weighted by atomic mass is 35.5. The van der Waals surface area contributed by atoms with Gasteiger partial charge >= 0.3 is 0 Å². The van der Waals surface area contributed by atoms with Crippen molar-refractivity contribution in [3.8, 4) is 0 Å². The molecule has 2 heterocycles. The lowest BCUT2D eigenvalue weighted by molar-refractivity contribution is 0.162. The average molecular weight is 299 g/mol. The van der Waals surface area contributed by atoms with Crippen LogP contribution in [0, 0.1) is 0 Å². The van der Waals surface area contributed by atoms with E-state index in [1.165, 1.54) is 0 Å². The Morgan fingerprint density at radius 3 is 2.72 bits per heavy atom. The van der Waals surface area contributed by atoms with Crippen molar-refractivity contribution >= 4 is 22.4 Å². The van der Waals surface area contributed by atoms with Gasteiger partial charge in [0.1, 0.15) is 0 Å². The summed E-state index contributed by atoms with van der Waals surface area (Å²) in [6.07, 6.45) is 2.94. The second-order valence-corrected chi connectivity index (χ2v) is 6.71. The molecule has 2 bridgehead atoms. The summed E-state index contributed by atoms with van der Waals surface area (Å²) >= 11 is 0. The Morgan fingerprint density at radius 1 is 1.28 bits per heavy atom. The van der Waals surface area contributed by atoms with Crippen LogP contribution >= 0.6 is 12.4 Å². The number of hydrogen-bond donors (Lipinski definition) is 1. The van der Waals surface area contributed by atoms with E-state index >= 15 is 0 Å². The van der Waals surface area contributed by atoms with Gasteiger partial charge in [-0.25, -0.2) is 8.42 Å². The van der Waals surface area contributed by atoms with Crippen molar-refractivity contribution in [1.29, 1.82) is 0 Å². The third-order valence-electron chi connectivity index (χ3n) is 3.60. The van der Waals surface area contributed by atoms with Crippen molar-refractivity contribution in [2.24, 2.45) is 0 Å². The highest BCUT2D eigenvalue weighted by Crippen LogP contribution is 2.30. The van der Waals surface area contributed by atoms with Gasteiger partial charge in [0.15, 0.2) is 0 Å². The number of nitrogens with zero attached hydrogens (tertiary/aromatic N) is 1. The molecule has 2 fully saturated rings. The summed E-state index contributed by atoms with van der Waals surface area (Å²) in [5, 5.41) is 3.31. The van der Waals surface area contributed by atoms with Gasteiger partial charge in [-0.1, -0.05) is 0 Å². The van der Waals surface area contributed by atoms with Crippen molar-refractivity contribution in [1.82, 2.24) is 9.62 Å². The molecule has 2 rings (SSSR count). The zero-order valence-corrected chi connectivity index (χ0v) is 12.4. The quantitative estimate of drug-likeness (QED) is 0.755. The first-order valence-electron chi connectivity index (χ1n) is 6.45. The van der Waals surface area contributed by atoms with Gasteiger partial charge in [0.2, 0.25) is 10.0 Å². The minimum atomic E-state index is -3.15. The maximum atomic E-state index is 12.3. The van der Waals surface area contributed by atoms with Crippen LogP contribution in [0.15, 0.2) is 0 Å². The Bertz CT molecular complexity index is 336. The van der Waals surface area contributed by atoms with E-state index in [1.54, 1.807) is 4.31 Å². The van der Waals surface area contributed by atoms with E-state index in [4.69, 9.17) is 4.74 Å². The van der Waals surface area contributed by atoms with Crippen LogP contribution in [-0.4, -0.2) is 56.9 Å². The van der Waals surface area contributed by atoms with Crippen molar-refractivity contribution in [3.63, 3.8) is 0 Å². The summed E-state index contributed by atoms with van der Waals surface area (Å²) in [7, 11) is -3.15. The Kier molecular flexibility index (Phi) is 6.34. The molecular formula is C11H23ClN2O3S. The van der Waals surface area contributed by atoms with Crippen molar-refractivity contribution in [2.75, 3.05) is 32.1 Å². The number of fused-ring (bicyclic) bond motifs is 2. The number of halogens is 1. The molecule has 7 heteroatoms. The van der Waals surface area contributed by atoms with Crippen molar-refractivity contribution in [2.45, 2.75) is 38.3 Å². The van der Waals surface area contributed by atoms with Crippen molar-refractivity contribution < 1.29 is 13.2 Å². The minimum Gasteiger partial charge on any atom is -0.381 e. The zero-order valence-electron chi connectivity index (χ0n) is 10.8. The molecule has 0 aromatic rings. The fourth-order valence-corrected chi connectivity index (χ4v) is 4.65. The first-order chi connectivity index (χ1) is 8.15. The van der Waals surface area contributed by atoms with Crippen LogP contribution in [-0.2, 0) is 14.8 Å². The molecule has 5 nitrogen and oxygen atoms in total. The number of sulfonamides is 1. The van der Waals surface area contributed by atoms with Crippen LogP contribution in [0.4, 0.5) is 0 Å². The lowest BCUT2D eigenvalue weighted by Crippen LogP contribution is -2.44. The topological polar surface area (TPSA) is 58.6 Å². The number of rotatable bonds is 5. The van der Waals surface area contributed by atoms with E-state index in [9.17, 15) is 8.42 Å². The first kappa shape index (κ1) is 16.2. The maximum absolute atomic E-state index is 12.3. The molecule has 18 heavy (non-hydrogen) atoms. The minimum absolute atomic E-state index is 0. The molecule has 2 saturated heterocycles. The normalized spacial score (nSPS) is 28.7. The molecule has 0 aromatic heterocycles. The fraction of sp³-hybridized carbons (Fsp3) is 1.00. The molecule has 2 atom stereocenters. The number of nitrogens with one attached hydrogen (secondary N) is 1. The summed E-state index contributed by atoms with van der Waals surface area (Å²) in [4.78, 5) is 0. The summed E-state index contributed by atoms with van der Waals surface area (Å²) in [6, 6.07) is 0.371. The molecule has 108 valence electrons. The van der Waals surface area contributed by atoms with E-state index in [-0.39, 0.29) is 30.2 Å². The predicted octanol–water partition coefficient (Wildman–Crippen LogP) is 0.601. The molecule has 0 spiro atoms. The van der Waals surface area contributed by atoms with Crippen LogP contribution in [0.25, 0.3) is 0 Å². The lowest BCUT2D eigenvalue weighted by Gasteiger charge is -2.26. The molecule has 1 N–H and O–H groups in total. The zero-order chi connectivity index (χ0) is 12.3. The number of hydrogen-bond acceptors (Lipinski definition) is 4. The molecule has 0 radical (unpaired) electrons. The second kappa shape index (κ2) is 7.05. The highest BCUT2D eigenvalue weighted by molar-refractivity contribution is 7.89. The standard InChI is InChI=1S/C11H22N2O3S.ClH/c1-2-16-7-8-17(14,15)13-10-3-4-11(13)9-12-6-5-10;/h10-12H,2-9H2,1H3;1H. The lowest BCUT2D eigenvalue weighted by atomic mass is 10.1. The Morgan fingerprint density at radius 2 is 2.00 bits per heavy atom. The smallest absolute Gasteiger partial charge is 0.216 e. The van der Waals surface area contributed by atoms with E-state index in [2.05, 4.69) is 5.32 Å². The van der Waals surface area contributed by atoms with Gasteiger partial charge in [0, 0.05) is 25.2 Å². The largest absolute Gasteiger partial charge is 0.381 e. The molecule has 0 aliphatic carbocycles. The summed E-state index contributed by atoms with van der Waals surface area (Å²) in [6.45, 7) is 4.49. The van der Waals surface area contributed by atoms with Gasteiger partial charge in [0.05, 0.1) is 12.4 Å². The fourth-order valence-electron chi connectivity index (χ4n) is 2.81. The molecule has 0 amide bonds. The van der Waals surface area contributed by atoms with Crippen LogP contribution in [0.5, 0.6) is 0 Å². The molecule has 2 aliphatic heterocycles. The van der Waals surface area contributed by atoms with Crippen molar-refractivity contribution in [3.05, 3.63) is 0 Å². The SMILES string of the molecule is CCOCCS(=O)(=O)N1C2CCNCC1CC2.Cl. The van der Waals surface area contributed by atoms with Crippen LogP contribution in [0.1, 0.15) is 26.2 Å². The van der Waals surface area contributed by atoms with Gasteiger partial charge in [-0.2, -0.15) is 4.31 Å². The number of ether oxygens (including phenoxy) is 1. The van der Waals surface area contributed by atoms with Gasteiger partial charge in [-0.15, -0.1) is 12.4 Å². The van der Waals surface area contributed by atoms with Gasteiger partial charge in [-0.05, 0) is 32.7 Å². The van der Waals surface area contributed by atoms with E-state index in [0.29, 0.717) is 13.2 Å². The van der Waals surface area contributed by atoms with Gasteiger partial charge in [-0.3, -0.25) is 0 Å². The van der Waals surface area contributed by atoms with Crippen LogP contribution < -0.4 is 5.32 Å². The van der Waals surface area contributed by atoms with Crippen LogP contribution in [0.3, 0.4) is 0 Å². The molecule has 0 aromatic carbocycles. The molecule has 2 aliphatic rings. The average Bonchev–Trinajstić information content (AvgIpc) is 2.53.